The number of fused-ring (bicyclic) bond motifs is 1. The standard InChI is InChI=1S/C21H23ClN2O3S2/c22-16-7-8-20-18(14-16)19(9-12-28-20)23-21(25)15-5-4-6-17(13-15)29(26,27)24-10-2-1-3-11-24/h4-8,13-14,19H,1-3,9-12H2,(H,23,25). The summed E-state index contributed by atoms with van der Waals surface area (Å²) in [5.74, 6) is 0.631. The molecule has 0 bridgehead atoms. The lowest BCUT2D eigenvalue weighted by Crippen LogP contribution is -2.36. The quantitative estimate of drug-likeness (QED) is 0.745. The molecule has 1 saturated heterocycles. The number of piperidine rings is 1. The number of carbonyl (C=O) groups is 1. The van der Waals surface area contributed by atoms with E-state index in [-0.39, 0.29) is 16.8 Å². The van der Waals surface area contributed by atoms with Gasteiger partial charge in [0, 0.05) is 34.3 Å². The van der Waals surface area contributed by atoms with Crippen molar-refractivity contribution >= 4 is 39.3 Å². The molecule has 2 aromatic carbocycles. The van der Waals surface area contributed by atoms with E-state index in [1.165, 1.54) is 10.4 Å². The third-order valence-electron chi connectivity index (χ3n) is 5.37. The normalized spacial score (nSPS) is 20.1. The lowest BCUT2D eigenvalue weighted by molar-refractivity contribution is 0.0934. The van der Waals surface area contributed by atoms with Crippen molar-refractivity contribution in [2.24, 2.45) is 0 Å². The fraction of sp³-hybridized carbons (Fsp3) is 0.381. The van der Waals surface area contributed by atoms with Gasteiger partial charge in [0.2, 0.25) is 10.0 Å². The number of rotatable bonds is 4. The average Bonchev–Trinajstić information content (AvgIpc) is 2.75. The number of carbonyl (C=O) groups excluding carboxylic acids is 1. The highest BCUT2D eigenvalue weighted by Gasteiger charge is 2.27. The molecule has 1 fully saturated rings. The van der Waals surface area contributed by atoms with Gasteiger partial charge in [-0.3, -0.25) is 4.79 Å². The first-order chi connectivity index (χ1) is 13.9. The minimum Gasteiger partial charge on any atom is -0.345 e. The first-order valence-corrected chi connectivity index (χ1v) is 12.6. The zero-order valence-electron chi connectivity index (χ0n) is 15.9. The molecule has 8 heteroatoms. The van der Waals surface area contributed by atoms with Gasteiger partial charge < -0.3 is 5.32 Å². The molecule has 1 unspecified atom stereocenters. The molecule has 0 aliphatic carbocycles. The minimum absolute atomic E-state index is 0.139. The minimum atomic E-state index is -3.57. The maximum absolute atomic E-state index is 12.9. The number of thioether (sulfide) groups is 1. The number of halogens is 1. The van der Waals surface area contributed by atoms with Gasteiger partial charge in [-0.2, -0.15) is 4.31 Å². The molecular formula is C21H23ClN2O3S2. The predicted molar refractivity (Wildman–Crippen MR) is 116 cm³/mol. The predicted octanol–water partition coefficient (Wildman–Crippen LogP) is 4.48. The van der Waals surface area contributed by atoms with Crippen molar-refractivity contribution in [2.45, 2.75) is 41.5 Å². The van der Waals surface area contributed by atoms with Gasteiger partial charge in [0.25, 0.3) is 5.91 Å². The van der Waals surface area contributed by atoms with Gasteiger partial charge in [-0.15, -0.1) is 11.8 Å². The summed E-state index contributed by atoms with van der Waals surface area (Å²) in [4.78, 5) is 14.2. The van der Waals surface area contributed by atoms with Crippen LogP contribution in [0, 0.1) is 0 Å². The van der Waals surface area contributed by atoms with E-state index in [4.69, 9.17) is 11.6 Å². The molecule has 0 spiro atoms. The van der Waals surface area contributed by atoms with E-state index >= 15 is 0 Å². The van der Waals surface area contributed by atoms with Crippen LogP contribution in [-0.4, -0.2) is 37.5 Å². The molecule has 2 aliphatic heterocycles. The van der Waals surface area contributed by atoms with Crippen molar-refractivity contribution in [3.63, 3.8) is 0 Å². The van der Waals surface area contributed by atoms with Crippen molar-refractivity contribution < 1.29 is 13.2 Å². The highest BCUT2D eigenvalue weighted by molar-refractivity contribution is 7.99. The van der Waals surface area contributed by atoms with Gasteiger partial charge in [0.1, 0.15) is 0 Å². The Balaban J connectivity index is 1.55. The highest BCUT2D eigenvalue weighted by atomic mass is 35.5. The van der Waals surface area contributed by atoms with Gasteiger partial charge >= 0.3 is 0 Å². The van der Waals surface area contributed by atoms with E-state index < -0.39 is 10.0 Å². The van der Waals surface area contributed by atoms with Crippen molar-refractivity contribution in [3.8, 4) is 0 Å². The van der Waals surface area contributed by atoms with Gasteiger partial charge in [-0.05, 0) is 61.2 Å². The zero-order chi connectivity index (χ0) is 20.4. The summed E-state index contributed by atoms with van der Waals surface area (Å²) >= 11 is 7.90. The molecule has 2 heterocycles. The summed E-state index contributed by atoms with van der Waals surface area (Å²) in [5.41, 5.74) is 1.36. The van der Waals surface area contributed by atoms with Crippen molar-refractivity contribution in [2.75, 3.05) is 18.8 Å². The second-order valence-electron chi connectivity index (χ2n) is 7.34. The second kappa shape index (κ2) is 8.68. The van der Waals surface area contributed by atoms with E-state index in [1.54, 1.807) is 30.0 Å². The number of hydrogen-bond acceptors (Lipinski definition) is 4. The van der Waals surface area contributed by atoms with E-state index in [2.05, 4.69) is 5.32 Å². The summed E-state index contributed by atoms with van der Waals surface area (Å²) in [6.45, 7) is 1.08. The fourth-order valence-electron chi connectivity index (χ4n) is 3.81. The van der Waals surface area contributed by atoms with Crippen LogP contribution in [0.1, 0.15) is 47.6 Å². The molecule has 154 valence electrons. The molecule has 5 nitrogen and oxygen atoms in total. The Morgan fingerprint density at radius 1 is 1.10 bits per heavy atom. The Kier molecular flexibility index (Phi) is 6.20. The molecule has 1 atom stereocenters. The van der Waals surface area contributed by atoms with Gasteiger partial charge in [0.15, 0.2) is 0 Å². The molecular weight excluding hydrogens is 428 g/mol. The number of amides is 1. The van der Waals surface area contributed by atoms with E-state index in [1.807, 2.05) is 18.2 Å². The SMILES string of the molecule is O=C(NC1CCSc2ccc(Cl)cc21)c1cccc(S(=O)(=O)N2CCCCC2)c1. The van der Waals surface area contributed by atoms with Crippen LogP contribution in [0.3, 0.4) is 0 Å². The summed E-state index contributed by atoms with van der Waals surface area (Å²) in [6, 6.07) is 11.9. The fourth-order valence-corrected chi connectivity index (χ4v) is 6.66. The van der Waals surface area contributed by atoms with Crippen molar-refractivity contribution in [1.29, 1.82) is 0 Å². The van der Waals surface area contributed by atoms with E-state index in [0.717, 1.165) is 41.9 Å². The molecule has 0 saturated carbocycles. The van der Waals surface area contributed by atoms with Crippen LogP contribution < -0.4 is 5.32 Å². The third kappa shape index (κ3) is 4.48. The van der Waals surface area contributed by atoms with Crippen LogP contribution >= 0.6 is 23.4 Å². The molecule has 2 aromatic rings. The van der Waals surface area contributed by atoms with Crippen molar-refractivity contribution in [1.82, 2.24) is 9.62 Å². The molecule has 2 aliphatic rings. The molecule has 0 radical (unpaired) electrons. The summed E-state index contributed by atoms with van der Waals surface area (Å²) in [5, 5.41) is 3.70. The van der Waals surface area contributed by atoms with E-state index in [9.17, 15) is 13.2 Å². The van der Waals surface area contributed by atoms with Gasteiger partial charge in [-0.1, -0.05) is 24.1 Å². The Morgan fingerprint density at radius 3 is 2.69 bits per heavy atom. The Hall–Kier alpha value is -1.54. The molecule has 1 N–H and O–H groups in total. The zero-order valence-corrected chi connectivity index (χ0v) is 18.3. The number of nitrogens with one attached hydrogen (secondary N) is 1. The topological polar surface area (TPSA) is 66.5 Å². The number of hydrogen-bond donors (Lipinski definition) is 1. The van der Waals surface area contributed by atoms with Crippen LogP contribution in [-0.2, 0) is 10.0 Å². The Morgan fingerprint density at radius 2 is 1.90 bits per heavy atom. The molecule has 4 rings (SSSR count). The maximum atomic E-state index is 12.9. The number of sulfonamides is 1. The largest absolute Gasteiger partial charge is 0.345 e. The summed E-state index contributed by atoms with van der Waals surface area (Å²) < 4.78 is 27.4. The number of nitrogens with zero attached hydrogens (tertiary/aromatic N) is 1. The second-order valence-corrected chi connectivity index (χ2v) is 10.8. The lowest BCUT2D eigenvalue weighted by Gasteiger charge is -2.27. The monoisotopic (exact) mass is 450 g/mol. The van der Waals surface area contributed by atoms with E-state index in [0.29, 0.717) is 23.7 Å². The Labute approximate surface area is 180 Å². The highest BCUT2D eigenvalue weighted by Crippen LogP contribution is 2.37. The molecule has 29 heavy (non-hydrogen) atoms. The van der Waals surface area contributed by atoms with Gasteiger partial charge in [-0.25, -0.2) is 8.42 Å². The summed E-state index contributed by atoms with van der Waals surface area (Å²) in [7, 11) is -3.57. The first-order valence-electron chi connectivity index (χ1n) is 9.78. The number of benzene rings is 2. The van der Waals surface area contributed by atoms with Crippen molar-refractivity contribution in [3.05, 3.63) is 58.6 Å². The smallest absolute Gasteiger partial charge is 0.251 e. The lowest BCUT2D eigenvalue weighted by atomic mass is 10.0. The molecule has 0 aromatic heterocycles. The van der Waals surface area contributed by atoms with Crippen LogP contribution in [0.2, 0.25) is 5.02 Å². The Bertz CT molecular complexity index is 1020. The van der Waals surface area contributed by atoms with Crippen LogP contribution in [0.25, 0.3) is 0 Å². The van der Waals surface area contributed by atoms with Crippen LogP contribution in [0.15, 0.2) is 52.3 Å². The van der Waals surface area contributed by atoms with Crippen LogP contribution in [0.5, 0.6) is 0 Å². The van der Waals surface area contributed by atoms with Gasteiger partial charge in [0.05, 0.1) is 10.9 Å². The first kappa shape index (κ1) is 20.7. The summed E-state index contributed by atoms with van der Waals surface area (Å²) in [6.07, 6.45) is 3.61. The third-order valence-corrected chi connectivity index (χ3v) is 8.62. The van der Waals surface area contributed by atoms with Crippen LogP contribution in [0.4, 0.5) is 0 Å². The average molecular weight is 451 g/mol. The maximum Gasteiger partial charge on any atom is 0.251 e. The molecule has 1 amide bonds.